The highest BCUT2D eigenvalue weighted by atomic mass is 16.4. The minimum Gasteiger partial charge on any atom is -0.481 e. The standard InChI is InChI=1S/C12H14N2O4/c15-10-6-8(3-4-13-10)11(16)14-5-1-2-9(7-14)12(17)18/h3-4,6,9H,1-2,5,7H2,(H,13,15)(H,17,18). The zero-order valence-electron chi connectivity index (χ0n) is 9.76. The van der Waals surface area contributed by atoms with E-state index in [1.165, 1.54) is 23.2 Å². The number of piperidine rings is 1. The van der Waals surface area contributed by atoms with Crippen LogP contribution in [0.5, 0.6) is 0 Å². The van der Waals surface area contributed by atoms with Crippen molar-refractivity contribution in [2.24, 2.45) is 5.92 Å². The maximum absolute atomic E-state index is 12.1. The van der Waals surface area contributed by atoms with Gasteiger partial charge in [0.15, 0.2) is 0 Å². The second-order valence-corrected chi connectivity index (χ2v) is 4.37. The smallest absolute Gasteiger partial charge is 0.308 e. The van der Waals surface area contributed by atoms with E-state index >= 15 is 0 Å². The summed E-state index contributed by atoms with van der Waals surface area (Å²) < 4.78 is 0. The van der Waals surface area contributed by atoms with E-state index in [4.69, 9.17) is 5.11 Å². The lowest BCUT2D eigenvalue weighted by molar-refractivity contribution is -0.143. The monoisotopic (exact) mass is 250 g/mol. The van der Waals surface area contributed by atoms with Gasteiger partial charge in [0.05, 0.1) is 5.92 Å². The van der Waals surface area contributed by atoms with E-state index in [0.717, 1.165) is 0 Å². The predicted molar refractivity (Wildman–Crippen MR) is 63.3 cm³/mol. The molecule has 1 atom stereocenters. The first-order chi connectivity index (χ1) is 8.58. The SMILES string of the molecule is O=C(O)C1CCCN(C(=O)c2cc[nH]c(=O)c2)C1. The van der Waals surface area contributed by atoms with Gasteiger partial charge in [0.1, 0.15) is 0 Å². The number of aromatic nitrogens is 1. The molecule has 1 aromatic heterocycles. The number of carbonyl (C=O) groups is 2. The maximum atomic E-state index is 12.1. The second kappa shape index (κ2) is 5.03. The highest BCUT2D eigenvalue weighted by Crippen LogP contribution is 2.18. The molecule has 0 spiro atoms. The lowest BCUT2D eigenvalue weighted by Gasteiger charge is -2.30. The van der Waals surface area contributed by atoms with Crippen molar-refractivity contribution < 1.29 is 14.7 Å². The zero-order chi connectivity index (χ0) is 13.1. The van der Waals surface area contributed by atoms with Gasteiger partial charge < -0.3 is 15.0 Å². The van der Waals surface area contributed by atoms with Crippen LogP contribution in [0.15, 0.2) is 23.1 Å². The Morgan fingerprint density at radius 1 is 1.44 bits per heavy atom. The van der Waals surface area contributed by atoms with Crippen LogP contribution in [-0.4, -0.2) is 40.0 Å². The van der Waals surface area contributed by atoms with Gasteiger partial charge >= 0.3 is 5.97 Å². The molecule has 1 amide bonds. The number of carboxylic acids is 1. The number of nitrogens with one attached hydrogen (secondary N) is 1. The van der Waals surface area contributed by atoms with Crippen LogP contribution in [0.3, 0.4) is 0 Å². The van der Waals surface area contributed by atoms with Gasteiger partial charge in [-0.1, -0.05) is 0 Å². The molecule has 0 aromatic carbocycles. The first-order valence-corrected chi connectivity index (χ1v) is 5.79. The van der Waals surface area contributed by atoms with Gasteiger partial charge in [-0.2, -0.15) is 0 Å². The number of carbonyl (C=O) groups excluding carboxylic acids is 1. The summed E-state index contributed by atoms with van der Waals surface area (Å²) in [5.41, 5.74) is -0.0440. The Balaban J connectivity index is 2.14. The van der Waals surface area contributed by atoms with Gasteiger partial charge in [-0.05, 0) is 18.9 Å². The van der Waals surface area contributed by atoms with E-state index in [0.29, 0.717) is 24.9 Å². The summed E-state index contributed by atoms with van der Waals surface area (Å²) in [5.74, 6) is -1.67. The molecule has 2 rings (SSSR count). The molecule has 1 aliphatic rings. The molecule has 1 aromatic rings. The Bertz CT molecular complexity index is 523. The number of pyridine rings is 1. The molecular weight excluding hydrogens is 236 g/mol. The normalized spacial score (nSPS) is 19.6. The van der Waals surface area contributed by atoms with Gasteiger partial charge in [0.25, 0.3) is 5.91 Å². The summed E-state index contributed by atoms with van der Waals surface area (Å²) >= 11 is 0. The molecule has 96 valence electrons. The molecule has 6 heteroatoms. The predicted octanol–water partition coefficient (Wildman–Crippen LogP) is 0.312. The number of H-pyrrole nitrogens is 1. The molecule has 2 heterocycles. The largest absolute Gasteiger partial charge is 0.481 e. The summed E-state index contributed by atoms with van der Waals surface area (Å²) in [6, 6.07) is 2.75. The number of aliphatic carboxylic acids is 1. The third kappa shape index (κ3) is 2.58. The van der Waals surface area contributed by atoms with E-state index < -0.39 is 11.9 Å². The Kier molecular flexibility index (Phi) is 3.45. The second-order valence-electron chi connectivity index (χ2n) is 4.37. The molecule has 0 saturated carbocycles. The van der Waals surface area contributed by atoms with Gasteiger partial charge in [-0.25, -0.2) is 0 Å². The third-order valence-corrected chi connectivity index (χ3v) is 3.08. The first-order valence-electron chi connectivity index (χ1n) is 5.79. The Hall–Kier alpha value is -2.11. The molecule has 6 nitrogen and oxygen atoms in total. The van der Waals surface area contributed by atoms with Crippen molar-refractivity contribution >= 4 is 11.9 Å². The summed E-state index contributed by atoms with van der Waals surface area (Å²) in [6.07, 6.45) is 2.68. The maximum Gasteiger partial charge on any atom is 0.308 e. The average Bonchev–Trinajstić information content (AvgIpc) is 2.38. The number of likely N-dealkylation sites (tertiary alicyclic amines) is 1. The lowest BCUT2D eigenvalue weighted by Crippen LogP contribution is -2.42. The Labute approximate surface area is 103 Å². The summed E-state index contributed by atoms with van der Waals surface area (Å²) in [6.45, 7) is 0.746. The van der Waals surface area contributed by atoms with Crippen molar-refractivity contribution in [2.75, 3.05) is 13.1 Å². The first kappa shape index (κ1) is 12.3. The highest BCUT2D eigenvalue weighted by molar-refractivity contribution is 5.94. The molecule has 18 heavy (non-hydrogen) atoms. The average molecular weight is 250 g/mol. The van der Waals surface area contributed by atoms with E-state index in [-0.39, 0.29) is 18.0 Å². The fourth-order valence-electron chi connectivity index (χ4n) is 2.12. The quantitative estimate of drug-likeness (QED) is 0.790. The van der Waals surface area contributed by atoms with Gasteiger partial charge in [-0.3, -0.25) is 14.4 Å². The fraction of sp³-hybridized carbons (Fsp3) is 0.417. The number of amides is 1. The van der Waals surface area contributed by atoms with Crippen molar-refractivity contribution in [3.05, 3.63) is 34.2 Å². The van der Waals surface area contributed by atoms with Gasteiger partial charge in [0, 0.05) is 30.9 Å². The van der Waals surface area contributed by atoms with Crippen LogP contribution in [0.1, 0.15) is 23.2 Å². The number of hydrogen-bond donors (Lipinski definition) is 2. The minimum atomic E-state index is -0.876. The number of hydrogen-bond acceptors (Lipinski definition) is 3. The van der Waals surface area contributed by atoms with E-state index in [2.05, 4.69) is 4.98 Å². The van der Waals surface area contributed by atoms with Crippen LogP contribution >= 0.6 is 0 Å². The van der Waals surface area contributed by atoms with Crippen LogP contribution in [0.2, 0.25) is 0 Å². The number of nitrogens with zero attached hydrogens (tertiary/aromatic N) is 1. The minimum absolute atomic E-state index is 0.209. The van der Waals surface area contributed by atoms with Crippen LogP contribution in [0.25, 0.3) is 0 Å². The number of carboxylic acid groups (broad SMARTS) is 1. The molecular formula is C12H14N2O4. The molecule has 0 bridgehead atoms. The Morgan fingerprint density at radius 3 is 2.89 bits per heavy atom. The molecule has 1 aliphatic heterocycles. The van der Waals surface area contributed by atoms with Crippen LogP contribution < -0.4 is 5.56 Å². The Morgan fingerprint density at radius 2 is 2.22 bits per heavy atom. The molecule has 1 saturated heterocycles. The van der Waals surface area contributed by atoms with E-state index in [9.17, 15) is 14.4 Å². The summed E-state index contributed by atoms with van der Waals surface area (Å²) in [4.78, 5) is 38.1. The number of rotatable bonds is 2. The molecule has 2 N–H and O–H groups in total. The van der Waals surface area contributed by atoms with Crippen molar-refractivity contribution in [1.29, 1.82) is 0 Å². The molecule has 0 aliphatic carbocycles. The van der Waals surface area contributed by atoms with Crippen molar-refractivity contribution in [3.63, 3.8) is 0 Å². The van der Waals surface area contributed by atoms with Gasteiger partial charge in [0.2, 0.25) is 5.56 Å². The molecule has 1 fully saturated rings. The fourth-order valence-corrected chi connectivity index (χ4v) is 2.12. The van der Waals surface area contributed by atoms with Crippen LogP contribution in [0, 0.1) is 5.92 Å². The van der Waals surface area contributed by atoms with Crippen LogP contribution in [-0.2, 0) is 4.79 Å². The summed E-state index contributed by atoms with van der Waals surface area (Å²) in [5, 5.41) is 8.96. The topological polar surface area (TPSA) is 90.5 Å². The van der Waals surface area contributed by atoms with Crippen molar-refractivity contribution in [3.8, 4) is 0 Å². The third-order valence-electron chi connectivity index (χ3n) is 3.08. The number of aromatic amines is 1. The van der Waals surface area contributed by atoms with E-state index in [1.54, 1.807) is 0 Å². The highest BCUT2D eigenvalue weighted by Gasteiger charge is 2.28. The van der Waals surface area contributed by atoms with Crippen molar-refractivity contribution in [2.45, 2.75) is 12.8 Å². The lowest BCUT2D eigenvalue weighted by atomic mass is 9.98. The molecule has 1 unspecified atom stereocenters. The van der Waals surface area contributed by atoms with Crippen molar-refractivity contribution in [1.82, 2.24) is 9.88 Å². The van der Waals surface area contributed by atoms with Crippen LogP contribution in [0.4, 0.5) is 0 Å². The van der Waals surface area contributed by atoms with E-state index in [1.807, 2.05) is 0 Å². The summed E-state index contributed by atoms with van der Waals surface area (Å²) in [7, 11) is 0. The molecule has 0 radical (unpaired) electrons. The van der Waals surface area contributed by atoms with Gasteiger partial charge in [-0.15, -0.1) is 0 Å². The zero-order valence-corrected chi connectivity index (χ0v) is 9.76.